The van der Waals surface area contributed by atoms with E-state index in [1.54, 1.807) is 0 Å². The highest BCUT2D eigenvalue weighted by atomic mass is 79.9. The van der Waals surface area contributed by atoms with Gasteiger partial charge in [-0.3, -0.25) is 0 Å². The first-order chi connectivity index (χ1) is 8.64. The molecule has 0 atom stereocenters. The van der Waals surface area contributed by atoms with Crippen LogP contribution in [0.3, 0.4) is 0 Å². The Balaban J connectivity index is 1.95. The Bertz CT molecular complexity index is 584. The van der Waals surface area contributed by atoms with E-state index in [2.05, 4.69) is 52.5 Å². The summed E-state index contributed by atoms with van der Waals surface area (Å²) >= 11 is 5.38. The molecule has 0 aliphatic heterocycles. The number of hydrogen-bond donors (Lipinski definition) is 1. The van der Waals surface area contributed by atoms with E-state index >= 15 is 0 Å². The van der Waals surface area contributed by atoms with Gasteiger partial charge in [-0.25, -0.2) is 0 Å². The molecule has 3 rings (SSSR count). The molecule has 2 aromatic rings. The highest BCUT2D eigenvalue weighted by Crippen LogP contribution is 2.49. The maximum Gasteiger partial charge on any atom is 0.0345 e. The summed E-state index contributed by atoms with van der Waals surface area (Å²) in [5.74, 6) is 0. The minimum atomic E-state index is 0.305. The van der Waals surface area contributed by atoms with Crippen LogP contribution in [0, 0.1) is 6.92 Å². The van der Waals surface area contributed by atoms with Gasteiger partial charge in [0.1, 0.15) is 0 Å². The summed E-state index contributed by atoms with van der Waals surface area (Å²) in [4.78, 5) is 1.35. The molecule has 18 heavy (non-hydrogen) atoms. The summed E-state index contributed by atoms with van der Waals surface area (Å²) in [5, 5.41) is 2.28. The number of aryl methyl sites for hydroxylation is 1. The molecule has 1 aliphatic rings. The summed E-state index contributed by atoms with van der Waals surface area (Å²) in [6, 6.07) is 8.86. The fraction of sp³-hybridized carbons (Fsp3) is 0.333. The Labute approximate surface area is 120 Å². The molecule has 1 fully saturated rings. The number of hydrogen-bond acceptors (Lipinski definition) is 2. The Morgan fingerprint density at radius 3 is 2.72 bits per heavy atom. The van der Waals surface area contributed by atoms with Crippen LogP contribution >= 0.6 is 27.3 Å². The third-order valence-corrected chi connectivity index (χ3v) is 5.77. The maximum atomic E-state index is 5.89. The predicted molar refractivity (Wildman–Crippen MR) is 82.2 cm³/mol. The monoisotopic (exact) mass is 321 g/mol. The zero-order chi connectivity index (χ0) is 12.8. The number of nitrogens with two attached hydrogens (primary N) is 1. The average molecular weight is 322 g/mol. The van der Waals surface area contributed by atoms with Crippen molar-refractivity contribution < 1.29 is 0 Å². The zero-order valence-electron chi connectivity index (χ0n) is 10.4. The van der Waals surface area contributed by atoms with Crippen molar-refractivity contribution in [3.05, 3.63) is 45.2 Å². The molecule has 1 heterocycles. The van der Waals surface area contributed by atoms with Gasteiger partial charge in [-0.05, 0) is 60.0 Å². The zero-order valence-corrected chi connectivity index (χ0v) is 12.8. The lowest BCUT2D eigenvalue weighted by Gasteiger charge is -2.08. The van der Waals surface area contributed by atoms with Crippen molar-refractivity contribution in [2.45, 2.75) is 25.2 Å². The van der Waals surface area contributed by atoms with Crippen LogP contribution in [0.1, 0.15) is 24.0 Å². The normalized spacial score (nSPS) is 16.8. The SMILES string of the molecule is Cc1cc(-c2cc(C3(CN)CC3)cs2)ccc1Br. The van der Waals surface area contributed by atoms with Crippen LogP contribution in [0.15, 0.2) is 34.1 Å². The lowest BCUT2D eigenvalue weighted by Crippen LogP contribution is -2.18. The van der Waals surface area contributed by atoms with Crippen molar-refractivity contribution >= 4 is 27.3 Å². The number of rotatable bonds is 3. The lowest BCUT2D eigenvalue weighted by atomic mass is 9.98. The van der Waals surface area contributed by atoms with Crippen LogP contribution in [0.4, 0.5) is 0 Å². The Kier molecular flexibility index (Phi) is 3.08. The van der Waals surface area contributed by atoms with Gasteiger partial charge >= 0.3 is 0 Å². The van der Waals surface area contributed by atoms with E-state index < -0.39 is 0 Å². The number of halogens is 1. The molecule has 0 amide bonds. The van der Waals surface area contributed by atoms with Gasteiger partial charge in [0.05, 0.1) is 0 Å². The van der Waals surface area contributed by atoms with Crippen molar-refractivity contribution in [3.63, 3.8) is 0 Å². The first-order valence-corrected chi connectivity index (χ1v) is 7.87. The average Bonchev–Trinajstić information content (AvgIpc) is 3.02. The molecule has 0 bridgehead atoms. The van der Waals surface area contributed by atoms with Crippen molar-refractivity contribution in [1.29, 1.82) is 0 Å². The molecule has 1 aliphatic carbocycles. The van der Waals surface area contributed by atoms with E-state index in [1.165, 1.54) is 38.9 Å². The topological polar surface area (TPSA) is 26.0 Å². The van der Waals surface area contributed by atoms with E-state index in [0.29, 0.717) is 5.41 Å². The minimum Gasteiger partial charge on any atom is -0.330 e. The number of thiophene rings is 1. The van der Waals surface area contributed by atoms with Gasteiger partial charge in [-0.2, -0.15) is 0 Å². The van der Waals surface area contributed by atoms with E-state index in [9.17, 15) is 0 Å². The summed E-state index contributed by atoms with van der Waals surface area (Å²) in [6.45, 7) is 2.91. The number of benzene rings is 1. The quantitative estimate of drug-likeness (QED) is 0.886. The van der Waals surface area contributed by atoms with E-state index in [1.807, 2.05) is 11.3 Å². The van der Waals surface area contributed by atoms with E-state index in [0.717, 1.165) is 6.54 Å². The third-order valence-electron chi connectivity index (χ3n) is 3.90. The molecule has 1 aromatic carbocycles. The summed E-state index contributed by atoms with van der Waals surface area (Å²) in [5.41, 5.74) is 10.2. The van der Waals surface area contributed by atoms with Crippen LogP contribution in [-0.4, -0.2) is 6.54 Å². The maximum absolute atomic E-state index is 5.89. The molecular weight excluding hydrogens is 306 g/mol. The van der Waals surface area contributed by atoms with Crippen LogP contribution in [-0.2, 0) is 5.41 Å². The predicted octanol–water partition coefficient (Wildman–Crippen LogP) is 4.48. The van der Waals surface area contributed by atoms with Crippen molar-refractivity contribution in [1.82, 2.24) is 0 Å². The Hall–Kier alpha value is -0.640. The molecule has 1 saturated carbocycles. The second kappa shape index (κ2) is 4.48. The molecule has 0 spiro atoms. The van der Waals surface area contributed by atoms with Crippen LogP contribution in [0.25, 0.3) is 10.4 Å². The van der Waals surface area contributed by atoms with Gasteiger partial charge in [0.15, 0.2) is 0 Å². The van der Waals surface area contributed by atoms with Crippen molar-refractivity contribution in [2.24, 2.45) is 5.73 Å². The Morgan fingerprint density at radius 1 is 1.33 bits per heavy atom. The lowest BCUT2D eigenvalue weighted by molar-refractivity contribution is 0.708. The fourth-order valence-electron chi connectivity index (χ4n) is 2.33. The van der Waals surface area contributed by atoms with Crippen LogP contribution < -0.4 is 5.73 Å². The smallest absolute Gasteiger partial charge is 0.0345 e. The van der Waals surface area contributed by atoms with Gasteiger partial charge in [-0.15, -0.1) is 11.3 Å². The van der Waals surface area contributed by atoms with Gasteiger partial charge < -0.3 is 5.73 Å². The third kappa shape index (κ3) is 2.04. The molecule has 1 nitrogen and oxygen atoms in total. The molecule has 3 heteroatoms. The standard InChI is InChI=1S/C15H16BrNS/c1-10-6-11(2-3-13(10)16)14-7-12(8-18-14)15(9-17)4-5-15/h2-3,6-8H,4-5,9,17H2,1H3. The fourth-order valence-corrected chi connectivity index (χ4v) is 3.60. The first kappa shape index (κ1) is 12.4. The summed E-state index contributed by atoms with van der Waals surface area (Å²) in [7, 11) is 0. The van der Waals surface area contributed by atoms with E-state index in [-0.39, 0.29) is 0 Å². The minimum absolute atomic E-state index is 0.305. The molecule has 94 valence electrons. The molecular formula is C15H16BrNS. The van der Waals surface area contributed by atoms with Gasteiger partial charge in [0.25, 0.3) is 0 Å². The second-order valence-corrected chi connectivity index (χ2v) is 6.91. The second-order valence-electron chi connectivity index (χ2n) is 5.15. The molecule has 0 unspecified atom stereocenters. The summed E-state index contributed by atoms with van der Waals surface area (Å²) < 4.78 is 1.17. The molecule has 2 N–H and O–H groups in total. The van der Waals surface area contributed by atoms with Gasteiger partial charge in [0.2, 0.25) is 0 Å². The van der Waals surface area contributed by atoms with Crippen molar-refractivity contribution in [2.75, 3.05) is 6.54 Å². The largest absolute Gasteiger partial charge is 0.330 e. The Morgan fingerprint density at radius 2 is 2.11 bits per heavy atom. The van der Waals surface area contributed by atoms with Crippen LogP contribution in [0.2, 0.25) is 0 Å². The van der Waals surface area contributed by atoms with Crippen molar-refractivity contribution in [3.8, 4) is 10.4 Å². The highest BCUT2D eigenvalue weighted by molar-refractivity contribution is 9.10. The first-order valence-electron chi connectivity index (χ1n) is 6.20. The molecule has 0 saturated heterocycles. The molecule has 1 aromatic heterocycles. The molecule has 0 radical (unpaired) electrons. The van der Waals surface area contributed by atoms with Gasteiger partial charge in [0, 0.05) is 21.3 Å². The highest BCUT2D eigenvalue weighted by Gasteiger charge is 2.43. The van der Waals surface area contributed by atoms with E-state index in [4.69, 9.17) is 5.73 Å². The summed E-state index contributed by atoms with van der Waals surface area (Å²) in [6.07, 6.45) is 2.50. The van der Waals surface area contributed by atoms with Gasteiger partial charge in [-0.1, -0.05) is 22.0 Å². The van der Waals surface area contributed by atoms with Crippen LogP contribution in [0.5, 0.6) is 0 Å².